The number of ether oxygens (including phenoxy) is 3. The van der Waals surface area contributed by atoms with Crippen LogP contribution in [0.25, 0.3) is 0 Å². The molecule has 1 atom stereocenters. The average molecular weight is 440 g/mol. The number of rotatable bonds is 7. The molecular weight excluding hydrogens is 416 g/mol. The molecule has 4 rings (SSSR count). The smallest absolute Gasteiger partial charge is 0.326 e. The highest BCUT2D eigenvalue weighted by Crippen LogP contribution is 2.34. The van der Waals surface area contributed by atoms with E-state index in [1.54, 1.807) is 24.3 Å². The minimum Gasteiger partial charge on any atom is -0.489 e. The molecule has 168 valence electrons. The van der Waals surface area contributed by atoms with Gasteiger partial charge in [-0.05, 0) is 29.8 Å². The molecule has 2 amide bonds. The molecule has 2 fully saturated rings. The molecule has 1 unspecified atom stereocenters. The van der Waals surface area contributed by atoms with Gasteiger partial charge in [0.25, 0.3) is 5.91 Å². The molecule has 2 saturated heterocycles. The van der Waals surface area contributed by atoms with E-state index in [4.69, 9.17) is 14.2 Å². The first-order chi connectivity index (χ1) is 15.5. The normalized spacial score (nSPS) is 19.1. The standard InChI is InChI=1S/C23H24N2O7/c26-20(25-15-23(31-10-11-32-23)12-19(25)22(28)29)13-24-21(27)17-6-8-18(9-7-17)30-14-16-4-2-1-3-5-16/h1-9,19H,10-15H2,(H,24,27)(H,28,29). The summed E-state index contributed by atoms with van der Waals surface area (Å²) in [4.78, 5) is 37.8. The third-order valence-corrected chi connectivity index (χ3v) is 5.48. The third-order valence-electron chi connectivity index (χ3n) is 5.48. The van der Waals surface area contributed by atoms with Crippen molar-refractivity contribution in [3.05, 3.63) is 65.7 Å². The lowest BCUT2D eigenvalue weighted by Gasteiger charge is -2.23. The molecule has 0 aliphatic carbocycles. The number of amides is 2. The van der Waals surface area contributed by atoms with E-state index in [2.05, 4.69) is 5.32 Å². The van der Waals surface area contributed by atoms with Gasteiger partial charge in [0, 0.05) is 12.0 Å². The largest absolute Gasteiger partial charge is 0.489 e. The lowest BCUT2D eigenvalue weighted by molar-refractivity contribution is -0.152. The van der Waals surface area contributed by atoms with E-state index < -0.39 is 29.6 Å². The van der Waals surface area contributed by atoms with Gasteiger partial charge in [-0.15, -0.1) is 0 Å². The summed E-state index contributed by atoms with van der Waals surface area (Å²) < 4.78 is 16.8. The Morgan fingerprint density at radius 3 is 2.41 bits per heavy atom. The first-order valence-electron chi connectivity index (χ1n) is 10.3. The van der Waals surface area contributed by atoms with Crippen LogP contribution in [0.2, 0.25) is 0 Å². The van der Waals surface area contributed by atoms with Gasteiger partial charge in [-0.25, -0.2) is 4.79 Å². The monoisotopic (exact) mass is 440 g/mol. The van der Waals surface area contributed by atoms with E-state index in [-0.39, 0.29) is 19.5 Å². The predicted molar refractivity (Wildman–Crippen MR) is 112 cm³/mol. The van der Waals surface area contributed by atoms with E-state index in [9.17, 15) is 19.5 Å². The second-order valence-corrected chi connectivity index (χ2v) is 7.67. The number of hydrogen-bond acceptors (Lipinski definition) is 6. The summed E-state index contributed by atoms with van der Waals surface area (Å²) in [6.07, 6.45) is 0.0620. The van der Waals surface area contributed by atoms with Gasteiger partial charge in [0.1, 0.15) is 18.4 Å². The van der Waals surface area contributed by atoms with Gasteiger partial charge >= 0.3 is 5.97 Å². The molecule has 9 nitrogen and oxygen atoms in total. The summed E-state index contributed by atoms with van der Waals surface area (Å²) in [6, 6.07) is 15.2. The van der Waals surface area contributed by atoms with Crippen molar-refractivity contribution >= 4 is 17.8 Å². The summed E-state index contributed by atoms with van der Waals surface area (Å²) >= 11 is 0. The first-order valence-corrected chi connectivity index (χ1v) is 10.3. The number of aliphatic carboxylic acids is 1. The van der Waals surface area contributed by atoms with Crippen molar-refractivity contribution in [3.8, 4) is 5.75 Å². The molecular formula is C23H24N2O7. The fourth-order valence-electron chi connectivity index (χ4n) is 3.83. The molecule has 0 saturated carbocycles. The van der Waals surface area contributed by atoms with Crippen LogP contribution in [-0.4, -0.2) is 65.9 Å². The third kappa shape index (κ3) is 4.90. The molecule has 2 aliphatic rings. The van der Waals surface area contributed by atoms with E-state index in [0.717, 1.165) is 5.56 Å². The fourth-order valence-corrected chi connectivity index (χ4v) is 3.83. The number of hydrogen-bond donors (Lipinski definition) is 2. The van der Waals surface area contributed by atoms with Crippen molar-refractivity contribution < 1.29 is 33.7 Å². The second-order valence-electron chi connectivity index (χ2n) is 7.67. The van der Waals surface area contributed by atoms with Crippen molar-refractivity contribution in [1.82, 2.24) is 10.2 Å². The Hall–Kier alpha value is -3.43. The Kier molecular flexibility index (Phi) is 6.38. The number of likely N-dealkylation sites (tertiary alicyclic amines) is 1. The van der Waals surface area contributed by atoms with Gasteiger partial charge in [-0.3, -0.25) is 9.59 Å². The minimum atomic E-state index is -1.13. The Morgan fingerprint density at radius 1 is 1.06 bits per heavy atom. The zero-order valence-corrected chi connectivity index (χ0v) is 17.4. The highest BCUT2D eigenvalue weighted by atomic mass is 16.7. The van der Waals surface area contributed by atoms with Crippen LogP contribution in [-0.2, 0) is 25.7 Å². The van der Waals surface area contributed by atoms with Crippen LogP contribution in [0, 0.1) is 0 Å². The maximum absolute atomic E-state index is 12.6. The quantitative estimate of drug-likeness (QED) is 0.669. The first kappa shape index (κ1) is 21.8. The van der Waals surface area contributed by atoms with Crippen LogP contribution in [0.5, 0.6) is 5.75 Å². The Morgan fingerprint density at radius 2 is 1.75 bits per heavy atom. The number of carbonyl (C=O) groups excluding carboxylic acids is 2. The van der Waals surface area contributed by atoms with Crippen molar-refractivity contribution in [2.45, 2.75) is 24.9 Å². The van der Waals surface area contributed by atoms with Crippen molar-refractivity contribution in [1.29, 1.82) is 0 Å². The van der Waals surface area contributed by atoms with E-state index in [1.807, 2.05) is 30.3 Å². The second kappa shape index (κ2) is 9.37. The molecule has 1 spiro atoms. The fraction of sp³-hybridized carbons (Fsp3) is 0.348. The van der Waals surface area contributed by atoms with Crippen LogP contribution < -0.4 is 10.1 Å². The Labute approximate surface area is 184 Å². The van der Waals surface area contributed by atoms with Gasteiger partial charge in [-0.1, -0.05) is 30.3 Å². The van der Waals surface area contributed by atoms with Crippen molar-refractivity contribution in [2.24, 2.45) is 0 Å². The highest BCUT2D eigenvalue weighted by molar-refractivity contribution is 5.97. The molecule has 2 heterocycles. The van der Waals surface area contributed by atoms with Crippen LogP contribution in [0.3, 0.4) is 0 Å². The van der Waals surface area contributed by atoms with E-state index in [1.165, 1.54) is 4.90 Å². The Balaban J connectivity index is 1.30. The summed E-state index contributed by atoms with van der Waals surface area (Å²) in [7, 11) is 0. The zero-order valence-electron chi connectivity index (χ0n) is 17.4. The molecule has 0 radical (unpaired) electrons. The molecule has 2 aliphatic heterocycles. The minimum absolute atomic E-state index is 0.0200. The van der Waals surface area contributed by atoms with Crippen molar-refractivity contribution in [2.75, 3.05) is 26.3 Å². The van der Waals surface area contributed by atoms with E-state index in [0.29, 0.717) is 31.1 Å². The predicted octanol–water partition coefficient (Wildman–Crippen LogP) is 1.42. The maximum Gasteiger partial charge on any atom is 0.326 e. The number of carbonyl (C=O) groups is 3. The number of carboxylic acid groups (broad SMARTS) is 1. The lowest BCUT2D eigenvalue weighted by Crippen LogP contribution is -2.46. The molecule has 9 heteroatoms. The summed E-state index contributed by atoms with van der Waals surface area (Å²) in [5.41, 5.74) is 1.39. The molecule has 0 aromatic heterocycles. The van der Waals surface area contributed by atoms with Gasteiger partial charge < -0.3 is 29.5 Å². The summed E-state index contributed by atoms with van der Waals surface area (Å²) in [5, 5.41) is 12.0. The van der Waals surface area contributed by atoms with Crippen LogP contribution in [0.4, 0.5) is 0 Å². The number of benzene rings is 2. The Bertz CT molecular complexity index is 972. The molecule has 32 heavy (non-hydrogen) atoms. The van der Waals surface area contributed by atoms with Crippen LogP contribution in [0.1, 0.15) is 22.3 Å². The summed E-state index contributed by atoms with van der Waals surface area (Å²) in [6.45, 7) is 0.819. The van der Waals surface area contributed by atoms with Gasteiger partial charge in [-0.2, -0.15) is 0 Å². The summed E-state index contributed by atoms with van der Waals surface area (Å²) in [5.74, 6) is -2.54. The van der Waals surface area contributed by atoms with E-state index >= 15 is 0 Å². The molecule has 0 bridgehead atoms. The molecule has 2 aromatic carbocycles. The number of carboxylic acids is 1. The maximum atomic E-state index is 12.6. The van der Waals surface area contributed by atoms with Gasteiger partial charge in [0.15, 0.2) is 5.79 Å². The SMILES string of the molecule is O=C(NCC(=O)N1CC2(CC1C(=O)O)OCCO2)c1ccc(OCc2ccccc2)cc1. The van der Waals surface area contributed by atoms with Crippen LogP contribution >= 0.6 is 0 Å². The highest BCUT2D eigenvalue weighted by Gasteiger charge is 2.52. The number of nitrogens with zero attached hydrogens (tertiary/aromatic N) is 1. The molecule has 2 aromatic rings. The number of nitrogens with one attached hydrogen (secondary N) is 1. The topological polar surface area (TPSA) is 114 Å². The zero-order chi connectivity index (χ0) is 22.6. The molecule has 2 N–H and O–H groups in total. The van der Waals surface area contributed by atoms with Gasteiger partial charge in [0.2, 0.25) is 5.91 Å². The van der Waals surface area contributed by atoms with Gasteiger partial charge in [0.05, 0.1) is 26.3 Å². The average Bonchev–Trinajstić information content (AvgIpc) is 3.44. The van der Waals surface area contributed by atoms with Crippen molar-refractivity contribution in [3.63, 3.8) is 0 Å². The lowest BCUT2D eigenvalue weighted by atomic mass is 10.1. The van der Waals surface area contributed by atoms with Crippen LogP contribution in [0.15, 0.2) is 54.6 Å².